The Morgan fingerprint density at radius 1 is 1.03 bits per heavy atom. The third-order valence-corrected chi connectivity index (χ3v) is 6.69. The van der Waals surface area contributed by atoms with Gasteiger partial charge in [0.2, 0.25) is 15.9 Å². The number of rotatable bonds is 5. The molecule has 2 heterocycles. The summed E-state index contributed by atoms with van der Waals surface area (Å²) in [7, 11) is -3.83. The molecule has 0 radical (unpaired) electrons. The van der Waals surface area contributed by atoms with E-state index < -0.39 is 10.0 Å². The van der Waals surface area contributed by atoms with Gasteiger partial charge in [-0.25, -0.2) is 13.1 Å². The molecule has 0 saturated carbocycles. The van der Waals surface area contributed by atoms with E-state index in [0.29, 0.717) is 37.3 Å². The van der Waals surface area contributed by atoms with E-state index in [1.54, 1.807) is 35.5 Å². The van der Waals surface area contributed by atoms with E-state index in [9.17, 15) is 13.2 Å². The molecule has 1 fully saturated rings. The minimum atomic E-state index is -3.83. The molecule has 8 nitrogen and oxygen atoms in total. The number of anilines is 2. The van der Waals surface area contributed by atoms with Crippen molar-refractivity contribution in [3.8, 4) is 0 Å². The molecule has 9 heteroatoms. The van der Waals surface area contributed by atoms with E-state index in [1.807, 2.05) is 24.3 Å². The molecule has 0 unspecified atom stereocenters. The summed E-state index contributed by atoms with van der Waals surface area (Å²) in [5, 5.41) is 1.30. The number of nitrogen functional groups attached to an aromatic ring is 1. The summed E-state index contributed by atoms with van der Waals surface area (Å²) < 4.78 is 28.0. The standard InChI is InChI=1S/C21H23N5O3S/c22-17-4-6-18(7-5-17)25-10-12-26(13-11-25)21(27)15-24-30(28,29)20-3-1-2-16-14-23-9-8-19(16)20/h1-9,14,24H,10-13,15,22H2. The van der Waals surface area contributed by atoms with Crippen LogP contribution in [-0.2, 0) is 14.8 Å². The van der Waals surface area contributed by atoms with Gasteiger partial charge in [-0.2, -0.15) is 0 Å². The van der Waals surface area contributed by atoms with Gasteiger partial charge in [0.25, 0.3) is 0 Å². The molecular weight excluding hydrogens is 402 g/mol. The Kier molecular flexibility index (Phi) is 5.56. The quantitative estimate of drug-likeness (QED) is 0.599. The number of carbonyl (C=O) groups excluding carboxylic acids is 1. The van der Waals surface area contributed by atoms with Crippen LogP contribution in [0.15, 0.2) is 65.8 Å². The zero-order chi connectivity index (χ0) is 21.1. The lowest BCUT2D eigenvalue weighted by molar-refractivity contribution is -0.130. The van der Waals surface area contributed by atoms with E-state index in [0.717, 1.165) is 11.1 Å². The van der Waals surface area contributed by atoms with E-state index in [-0.39, 0.29) is 17.3 Å². The molecule has 0 spiro atoms. The summed E-state index contributed by atoms with van der Waals surface area (Å²) in [6, 6.07) is 14.3. The highest BCUT2D eigenvalue weighted by molar-refractivity contribution is 7.89. The second-order valence-electron chi connectivity index (χ2n) is 7.14. The van der Waals surface area contributed by atoms with Crippen LogP contribution >= 0.6 is 0 Å². The normalized spacial score (nSPS) is 14.8. The van der Waals surface area contributed by atoms with Crippen LogP contribution < -0.4 is 15.4 Å². The third kappa shape index (κ3) is 4.22. The molecule has 1 aliphatic heterocycles. The van der Waals surface area contributed by atoms with Crippen molar-refractivity contribution in [2.75, 3.05) is 43.4 Å². The molecule has 1 aliphatic rings. The van der Waals surface area contributed by atoms with Crippen molar-refractivity contribution >= 4 is 38.1 Å². The highest BCUT2D eigenvalue weighted by Gasteiger charge is 2.24. The largest absolute Gasteiger partial charge is 0.399 e. The number of nitrogens with two attached hydrogens (primary N) is 1. The van der Waals surface area contributed by atoms with Crippen molar-refractivity contribution in [3.63, 3.8) is 0 Å². The van der Waals surface area contributed by atoms with E-state index in [2.05, 4.69) is 14.6 Å². The number of aromatic nitrogens is 1. The third-order valence-electron chi connectivity index (χ3n) is 5.23. The summed E-state index contributed by atoms with van der Waals surface area (Å²) in [5.41, 5.74) is 7.50. The molecular formula is C21H23N5O3S. The molecule has 156 valence electrons. The maximum atomic E-state index is 12.8. The lowest BCUT2D eigenvalue weighted by Crippen LogP contribution is -2.51. The van der Waals surface area contributed by atoms with Gasteiger partial charge in [-0.1, -0.05) is 12.1 Å². The first kappa shape index (κ1) is 20.1. The van der Waals surface area contributed by atoms with Crippen molar-refractivity contribution in [3.05, 3.63) is 60.9 Å². The second-order valence-corrected chi connectivity index (χ2v) is 8.87. The van der Waals surface area contributed by atoms with E-state index in [4.69, 9.17) is 5.73 Å². The SMILES string of the molecule is Nc1ccc(N2CCN(C(=O)CNS(=O)(=O)c3cccc4cnccc34)CC2)cc1. The maximum Gasteiger partial charge on any atom is 0.241 e. The monoisotopic (exact) mass is 425 g/mol. The Labute approximate surface area is 175 Å². The van der Waals surface area contributed by atoms with Gasteiger partial charge < -0.3 is 15.5 Å². The number of fused-ring (bicyclic) bond motifs is 1. The molecule has 1 aromatic heterocycles. The summed E-state index contributed by atoms with van der Waals surface area (Å²) in [4.78, 5) is 20.6. The van der Waals surface area contributed by atoms with Crippen LogP contribution in [0.3, 0.4) is 0 Å². The van der Waals surface area contributed by atoms with Gasteiger partial charge in [-0.05, 0) is 36.4 Å². The molecule has 3 N–H and O–H groups in total. The summed E-state index contributed by atoms with van der Waals surface area (Å²) in [6.07, 6.45) is 3.16. The Morgan fingerprint density at radius 3 is 2.50 bits per heavy atom. The van der Waals surface area contributed by atoms with Crippen molar-refractivity contribution in [1.29, 1.82) is 0 Å². The zero-order valence-corrected chi connectivity index (χ0v) is 17.2. The Morgan fingerprint density at radius 2 is 1.77 bits per heavy atom. The molecule has 4 rings (SSSR count). The second kappa shape index (κ2) is 8.29. The summed E-state index contributed by atoms with van der Waals surface area (Å²) >= 11 is 0. The van der Waals surface area contributed by atoms with Crippen LogP contribution in [-0.4, -0.2) is 56.9 Å². The van der Waals surface area contributed by atoms with Crippen LogP contribution in [0.25, 0.3) is 10.8 Å². The van der Waals surface area contributed by atoms with Crippen LogP contribution in [0.4, 0.5) is 11.4 Å². The van der Waals surface area contributed by atoms with Gasteiger partial charge in [0, 0.05) is 60.7 Å². The van der Waals surface area contributed by atoms with Crippen molar-refractivity contribution in [2.45, 2.75) is 4.90 Å². The lowest BCUT2D eigenvalue weighted by atomic mass is 10.2. The number of hydrogen-bond donors (Lipinski definition) is 2. The minimum absolute atomic E-state index is 0.142. The van der Waals surface area contributed by atoms with Gasteiger partial charge in [0.05, 0.1) is 11.4 Å². The van der Waals surface area contributed by atoms with Crippen molar-refractivity contribution < 1.29 is 13.2 Å². The molecule has 2 aromatic carbocycles. The van der Waals surface area contributed by atoms with Crippen LogP contribution in [0, 0.1) is 0 Å². The number of carbonyl (C=O) groups is 1. The Bertz CT molecular complexity index is 1150. The Hall–Kier alpha value is -3.17. The Balaban J connectivity index is 1.37. The number of benzene rings is 2. The van der Waals surface area contributed by atoms with Gasteiger partial charge in [0.1, 0.15) is 0 Å². The van der Waals surface area contributed by atoms with Crippen LogP contribution in [0.1, 0.15) is 0 Å². The number of sulfonamides is 1. The summed E-state index contributed by atoms with van der Waals surface area (Å²) in [6.45, 7) is 2.15. The highest BCUT2D eigenvalue weighted by atomic mass is 32.2. The van der Waals surface area contributed by atoms with E-state index >= 15 is 0 Å². The molecule has 30 heavy (non-hydrogen) atoms. The number of nitrogens with one attached hydrogen (secondary N) is 1. The molecule has 0 aliphatic carbocycles. The van der Waals surface area contributed by atoms with E-state index in [1.165, 1.54) is 6.07 Å². The number of amides is 1. The van der Waals surface area contributed by atoms with Gasteiger partial charge >= 0.3 is 0 Å². The van der Waals surface area contributed by atoms with Crippen LogP contribution in [0.2, 0.25) is 0 Å². The number of pyridine rings is 1. The topological polar surface area (TPSA) is 109 Å². The minimum Gasteiger partial charge on any atom is -0.399 e. The molecule has 1 saturated heterocycles. The average Bonchev–Trinajstić information content (AvgIpc) is 2.78. The first-order valence-corrected chi connectivity index (χ1v) is 11.1. The van der Waals surface area contributed by atoms with Gasteiger partial charge in [-0.15, -0.1) is 0 Å². The maximum absolute atomic E-state index is 12.8. The van der Waals surface area contributed by atoms with Gasteiger partial charge in [-0.3, -0.25) is 9.78 Å². The first-order chi connectivity index (χ1) is 14.4. The zero-order valence-electron chi connectivity index (χ0n) is 16.4. The number of hydrogen-bond acceptors (Lipinski definition) is 6. The van der Waals surface area contributed by atoms with Gasteiger partial charge in [0.15, 0.2) is 0 Å². The van der Waals surface area contributed by atoms with Crippen molar-refractivity contribution in [1.82, 2.24) is 14.6 Å². The van der Waals surface area contributed by atoms with Crippen molar-refractivity contribution in [2.24, 2.45) is 0 Å². The number of nitrogens with zero attached hydrogens (tertiary/aromatic N) is 3. The summed E-state index contributed by atoms with van der Waals surface area (Å²) in [5.74, 6) is -0.238. The molecule has 0 atom stereocenters. The molecule has 3 aromatic rings. The molecule has 1 amide bonds. The number of piperazine rings is 1. The fourth-order valence-electron chi connectivity index (χ4n) is 3.57. The molecule has 0 bridgehead atoms. The highest BCUT2D eigenvalue weighted by Crippen LogP contribution is 2.22. The fraction of sp³-hybridized carbons (Fsp3) is 0.238. The predicted octanol–water partition coefficient (Wildman–Crippen LogP) is 1.44. The lowest BCUT2D eigenvalue weighted by Gasteiger charge is -2.36. The smallest absolute Gasteiger partial charge is 0.241 e. The fourth-order valence-corrected chi connectivity index (χ4v) is 4.77. The predicted molar refractivity (Wildman–Crippen MR) is 117 cm³/mol. The average molecular weight is 426 g/mol. The van der Waals surface area contributed by atoms with Crippen LogP contribution in [0.5, 0.6) is 0 Å². The first-order valence-electron chi connectivity index (χ1n) is 9.65.